The Bertz CT molecular complexity index is 419. The summed E-state index contributed by atoms with van der Waals surface area (Å²) in [5.41, 5.74) is 1.25. The molecule has 0 saturated heterocycles. The van der Waals surface area contributed by atoms with Crippen molar-refractivity contribution in [1.82, 2.24) is 15.1 Å². The third kappa shape index (κ3) is 2.96. The normalized spacial score (nSPS) is 10.4. The zero-order valence-corrected chi connectivity index (χ0v) is 9.79. The van der Waals surface area contributed by atoms with E-state index in [1.165, 1.54) is 11.6 Å². The molecule has 0 unspecified atom stereocenters. The molecule has 0 aliphatic carbocycles. The van der Waals surface area contributed by atoms with E-state index < -0.39 is 0 Å². The maximum Gasteiger partial charge on any atom is 0.271 e. The second kappa shape index (κ2) is 5.50. The molecule has 6 heteroatoms. The molecule has 0 aliphatic rings. The third-order valence-corrected chi connectivity index (χ3v) is 2.29. The molecule has 1 amide bonds. The number of carbonyl (C=O) groups excluding carboxylic acids is 1. The Labute approximate surface area is 93.6 Å². The van der Waals surface area contributed by atoms with Crippen molar-refractivity contribution in [3.8, 4) is 0 Å². The van der Waals surface area contributed by atoms with Crippen LogP contribution in [0.15, 0.2) is 4.79 Å². The fourth-order valence-corrected chi connectivity index (χ4v) is 1.41. The third-order valence-electron chi connectivity index (χ3n) is 2.29. The molecular weight excluding hydrogens is 210 g/mol. The van der Waals surface area contributed by atoms with E-state index in [1.54, 1.807) is 7.11 Å². The van der Waals surface area contributed by atoms with Gasteiger partial charge in [-0.25, -0.2) is 0 Å². The van der Waals surface area contributed by atoms with Crippen LogP contribution in [-0.2, 0) is 22.6 Å². The number of rotatable bonds is 5. The van der Waals surface area contributed by atoms with Crippen molar-refractivity contribution in [3.05, 3.63) is 21.6 Å². The van der Waals surface area contributed by atoms with Crippen LogP contribution in [0, 0.1) is 6.92 Å². The first-order valence-electron chi connectivity index (χ1n) is 5.08. The summed E-state index contributed by atoms with van der Waals surface area (Å²) in [6, 6.07) is 0. The summed E-state index contributed by atoms with van der Waals surface area (Å²) in [5.74, 6) is -0.150. The smallest absolute Gasteiger partial charge is 0.271 e. The summed E-state index contributed by atoms with van der Waals surface area (Å²) in [6.07, 6.45) is 0. The summed E-state index contributed by atoms with van der Waals surface area (Å²) in [7, 11) is 1.58. The average Bonchev–Trinajstić information content (AvgIpc) is 2.48. The number of hydrogen-bond donors (Lipinski definition) is 2. The number of aromatic amines is 1. The Morgan fingerprint density at radius 2 is 2.25 bits per heavy atom. The van der Waals surface area contributed by atoms with Crippen molar-refractivity contribution in [2.75, 3.05) is 13.7 Å². The van der Waals surface area contributed by atoms with Gasteiger partial charge in [-0.05, 0) is 6.92 Å². The maximum atomic E-state index is 11.8. The van der Waals surface area contributed by atoms with Crippen LogP contribution in [0.25, 0.3) is 0 Å². The number of aromatic nitrogens is 2. The van der Waals surface area contributed by atoms with Crippen molar-refractivity contribution in [2.24, 2.45) is 0 Å². The van der Waals surface area contributed by atoms with Crippen LogP contribution < -0.4 is 10.9 Å². The van der Waals surface area contributed by atoms with Gasteiger partial charge in [0.1, 0.15) is 0 Å². The number of nitrogens with one attached hydrogen (secondary N) is 2. The van der Waals surface area contributed by atoms with Crippen molar-refractivity contribution < 1.29 is 9.53 Å². The Balaban J connectivity index is 2.80. The number of H-pyrrole nitrogens is 1. The van der Waals surface area contributed by atoms with E-state index in [1.807, 2.05) is 6.92 Å². The van der Waals surface area contributed by atoms with Crippen LogP contribution >= 0.6 is 0 Å². The molecule has 1 rings (SSSR count). The highest BCUT2D eigenvalue weighted by Crippen LogP contribution is 1.98. The van der Waals surface area contributed by atoms with E-state index in [9.17, 15) is 9.59 Å². The van der Waals surface area contributed by atoms with Gasteiger partial charge < -0.3 is 10.1 Å². The molecule has 0 bridgehead atoms. The first kappa shape index (κ1) is 12.5. The minimum atomic E-state index is -0.150. The predicted octanol–water partition coefficient (Wildman–Crippen LogP) is -0.233. The van der Waals surface area contributed by atoms with Crippen molar-refractivity contribution >= 4 is 5.91 Å². The number of hydrogen-bond acceptors (Lipinski definition) is 3. The summed E-state index contributed by atoms with van der Waals surface area (Å²) in [4.78, 5) is 22.6. The van der Waals surface area contributed by atoms with Crippen molar-refractivity contribution in [2.45, 2.75) is 26.9 Å². The molecule has 1 aromatic heterocycles. The first-order valence-corrected chi connectivity index (χ1v) is 5.08. The number of nitrogens with zero attached hydrogens (tertiary/aromatic N) is 1. The van der Waals surface area contributed by atoms with Gasteiger partial charge in [-0.3, -0.25) is 19.4 Å². The molecule has 90 valence electrons. The van der Waals surface area contributed by atoms with Gasteiger partial charge in [0.15, 0.2) is 0 Å². The predicted molar refractivity (Wildman–Crippen MR) is 59.2 cm³/mol. The van der Waals surface area contributed by atoms with Gasteiger partial charge in [0, 0.05) is 19.7 Å². The Hall–Kier alpha value is -1.56. The fourth-order valence-electron chi connectivity index (χ4n) is 1.41. The van der Waals surface area contributed by atoms with Crippen LogP contribution in [0.1, 0.15) is 18.2 Å². The lowest BCUT2D eigenvalue weighted by molar-refractivity contribution is -0.119. The lowest BCUT2D eigenvalue weighted by atomic mass is 10.2. The zero-order chi connectivity index (χ0) is 12.1. The van der Waals surface area contributed by atoms with Crippen LogP contribution in [0.2, 0.25) is 0 Å². The molecule has 0 radical (unpaired) electrons. The molecule has 0 fully saturated rings. The highest BCUT2D eigenvalue weighted by Gasteiger charge is 2.10. The molecule has 16 heavy (non-hydrogen) atoms. The lowest BCUT2D eigenvalue weighted by Gasteiger charge is -1.99. The van der Waals surface area contributed by atoms with Crippen molar-refractivity contribution in [3.63, 3.8) is 0 Å². The highest BCUT2D eigenvalue weighted by atomic mass is 16.5. The molecule has 0 aliphatic heterocycles. The molecule has 0 spiro atoms. The van der Waals surface area contributed by atoms with E-state index >= 15 is 0 Å². The number of amides is 1. The minimum absolute atomic E-state index is 0.108. The van der Waals surface area contributed by atoms with Crippen LogP contribution in [0.5, 0.6) is 0 Å². The summed E-state index contributed by atoms with van der Waals surface area (Å²) in [5, 5.41) is 5.55. The van der Waals surface area contributed by atoms with E-state index in [-0.39, 0.29) is 18.0 Å². The topological polar surface area (TPSA) is 76.1 Å². The minimum Gasteiger partial charge on any atom is -0.383 e. The second-order valence-electron chi connectivity index (χ2n) is 3.57. The molecular formula is C10H17N3O3. The number of aryl methyl sites for hydroxylation is 1. The first-order chi connectivity index (χ1) is 7.56. The molecule has 6 nitrogen and oxygen atoms in total. The van der Waals surface area contributed by atoms with Crippen LogP contribution in [-0.4, -0.2) is 29.4 Å². The average molecular weight is 227 g/mol. The van der Waals surface area contributed by atoms with E-state index in [0.29, 0.717) is 18.7 Å². The fraction of sp³-hybridized carbons (Fsp3) is 0.600. The number of ether oxygens (including phenoxy) is 1. The van der Waals surface area contributed by atoms with Crippen molar-refractivity contribution in [1.29, 1.82) is 0 Å². The Kier molecular flexibility index (Phi) is 4.30. The van der Waals surface area contributed by atoms with E-state index in [4.69, 9.17) is 4.74 Å². The lowest BCUT2D eigenvalue weighted by Crippen LogP contribution is -2.26. The van der Waals surface area contributed by atoms with Gasteiger partial charge in [-0.15, -0.1) is 0 Å². The zero-order valence-electron chi connectivity index (χ0n) is 9.79. The summed E-state index contributed by atoms with van der Waals surface area (Å²) >= 11 is 0. The quantitative estimate of drug-likeness (QED) is 0.729. The van der Waals surface area contributed by atoms with Gasteiger partial charge in [0.05, 0.1) is 25.3 Å². The van der Waals surface area contributed by atoms with Gasteiger partial charge in [0.2, 0.25) is 5.91 Å². The SMILES string of the molecule is COCCn1[nH]c(C)c(CNC(C)=O)c1=O. The second-order valence-corrected chi connectivity index (χ2v) is 3.57. The monoisotopic (exact) mass is 227 g/mol. The number of methoxy groups -OCH3 is 1. The van der Waals surface area contributed by atoms with Gasteiger partial charge in [0.25, 0.3) is 5.56 Å². The highest BCUT2D eigenvalue weighted by molar-refractivity contribution is 5.72. The maximum absolute atomic E-state index is 11.8. The summed E-state index contributed by atoms with van der Waals surface area (Å²) in [6.45, 7) is 4.44. The van der Waals surface area contributed by atoms with Gasteiger partial charge in [-0.2, -0.15) is 0 Å². The molecule has 1 aromatic rings. The molecule has 2 N–H and O–H groups in total. The van der Waals surface area contributed by atoms with E-state index in [0.717, 1.165) is 5.69 Å². The van der Waals surface area contributed by atoms with Gasteiger partial charge >= 0.3 is 0 Å². The van der Waals surface area contributed by atoms with E-state index in [2.05, 4.69) is 10.4 Å². The Morgan fingerprint density at radius 1 is 1.56 bits per heavy atom. The van der Waals surface area contributed by atoms with Crippen LogP contribution in [0.3, 0.4) is 0 Å². The standard InChI is InChI=1S/C10H17N3O3/c1-7-9(6-11-8(2)14)10(15)13(12-7)4-5-16-3/h12H,4-6H2,1-3H3,(H,11,14). The van der Waals surface area contributed by atoms with Gasteiger partial charge in [-0.1, -0.05) is 0 Å². The molecule has 0 saturated carbocycles. The van der Waals surface area contributed by atoms with Crippen LogP contribution in [0.4, 0.5) is 0 Å². The molecule has 0 aromatic carbocycles. The molecule has 1 heterocycles. The largest absolute Gasteiger partial charge is 0.383 e. The summed E-state index contributed by atoms with van der Waals surface area (Å²) < 4.78 is 6.38. The Morgan fingerprint density at radius 3 is 2.81 bits per heavy atom. The number of carbonyl (C=O) groups is 1. The molecule has 0 atom stereocenters.